The maximum Gasteiger partial charge on any atom is 0.227 e. The summed E-state index contributed by atoms with van der Waals surface area (Å²) in [5.74, 6) is 2.65. The Hall–Kier alpha value is -2.20. The summed E-state index contributed by atoms with van der Waals surface area (Å²) in [4.78, 5) is 19.5. The van der Waals surface area contributed by atoms with Crippen LogP contribution in [-0.4, -0.2) is 123 Å². The Labute approximate surface area is 216 Å². The molecule has 2 saturated heterocycles. The molecule has 2 fully saturated rings. The number of likely N-dealkylation sites (tertiary alicyclic amines) is 1. The highest BCUT2D eigenvalue weighted by molar-refractivity contribution is 5.92. The van der Waals surface area contributed by atoms with Gasteiger partial charge in [0.15, 0.2) is 0 Å². The van der Waals surface area contributed by atoms with Crippen LogP contribution in [0.25, 0.3) is 10.9 Å². The Bertz CT molecular complexity index is 980. The van der Waals surface area contributed by atoms with Gasteiger partial charge in [-0.05, 0) is 97.1 Å². The van der Waals surface area contributed by atoms with Crippen molar-refractivity contribution in [3.05, 3.63) is 17.7 Å². The quantitative estimate of drug-likeness (QED) is 0.511. The van der Waals surface area contributed by atoms with Gasteiger partial charge in [0.1, 0.15) is 11.6 Å². The van der Waals surface area contributed by atoms with E-state index in [9.17, 15) is 5.11 Å². The third kappa shape index (κ3) is 6.97. The Balaban J connectivity index is 1.65. The van der Waals surface area contributed by atoms with Crippen LogP contribution in [-0.2, 0) is 6.42 Å². The first-order chi connectivity index (χ1) is 17.5. The van der Waals surface area contributed by atoms with E-state index >= 15 is 0 Å². The van der Waals surface area contributed by atoms with Gasteiger partial charge in [0.25, 0.3) is 0 Å². The van der Waals surface area contributed by atoms with Crippen LogP contribution >= 0.6 is 0 Å². The van der Waals surface area contributed by atoms with Crippen LogP contribution in [0.5, 0.6) is 5.75 Å². The summed E-state index contributed by atoms with van der Waals surface area (Å²) in [6, 6.07) is 4.74. The molecular formula is C27H45N7O2. The van der Waals surface area contributed by atoms with E-state index in [0.717, 1.165) is 106 Å². The number of likely N-dealkylation sites (N-methyl/N-ethyl adjacent to an activating group) is 2. The van der Waals surface area contributed by atoms with Gasteiger partial charge in [-0.25, -0.2) is 4.98 Å². The largest absolute Gasteiger partial charge is 0.496 e. The zero-order chi connectivity index (χ0) is 25.5. The summed E-state index contributed by atoms with van der Waals surface area (Å²) in [7, 11) is 8.18. The van der Waals surface area contributed by atoms with E-state index in [-0.39, 0.29) is 6.61 Å². The van der Waals surface area contributed by atoms with Crippen LogP contribution in [0.1, 0.15) is 31.2 Å². The van der Waals surface area contributed by atoms with Crippen molar-refractivity contribution in [2.75, 3.05) is 97.4 Å². The first-order valence-electron chi connectivity index (χ1n) is 13.5. The molecule has 36 heavy (non-hydrogen) atoms. The number of anilines is 2. The van der Waals surface area contributed by atoms with Gasteiger partial charge in [0, 0.05) is 37.6 Å². The SMILES string of the molecule is COc1cc2c(NC3CCN(C)CC3)nc(N3CCCN(C)CC3)nc2cc1CCCN(C)CCO. The number of hydrogen-bond donors (Lipinski definition) is 2. The minimum absolute atomic E-state index is 0.189. The van der Waals surface area contributed by atoms with E-state index < -0.39 is 0 Å². The number of rotatable bonds is 10. The molecule has 0 radical (unpaired) electrons. The van der Waals surface area contributed by atoms with Gasteiger partial charge in [0.2, 0.25) is 5.95 Å². The van der Waals surface area contributed by atoms with Gasteiger partial charge in [-0.15, -0.1) is 0 Å². The van der Waals surface area contributed by atoms with Gasteiger partial charge in [-0.3, -0.25) is 0 Å². The number of aliphatic hydroxyl groups excluding tert-OH is 1. The molecule has 0 aliphatic carbocycles. The van der Waals surface area contributed by atoms with Crippen molar-refractivity contribution in [2.45, 2.75) is 38.1 Å². The standard InChI is InChI=1S/C27H45N7O2/c1-31-11-6-12-34(16-15-31)27-29-24-19-21(7-5-10-32(2)17-18-35)25(36-4)20-23(24)26(30-27)28-22-8-13-33(3)14-9-22/h19-20,22,35H,5-18H2,1-4H3,(H,28,29,30). The predicted molar refractivity (Wildman–Crippen MR) is 147 cm³/mol. The first kappa shape index (κ1) is 26.9. The molecule has 4 rings (SSSR count). The van der Waals surface area contributed by atoms with Crippen LogP contribution in [0.2, 0.25) is 0 Å². The van der Waals surface area contributed by atoms with Gasteiger partial charge in [-0.1, -0.05) is 0 Å². The van der Waals surface area contributed by atoms with Gasteiger partial charge in [0.05, 0.1) is 19.2 Å². The molecule has 0 amide bonds. The highest BCUT2D eigenvalue weighted by atomic mass is 16.5. The van der Waals surface area contributed by atoms with E-state index in [1.165, 1.54) is 5.56 Å². The summed E-state index contributed by atoms with van der Waals surface area (Å²) in [6.07, 6.45) is 5.24. The second-order valence-electron chi connectivity index (χ2n) is 10.5. The van der Waals surface area contributed by atoms with Crippen LogP contribution < -0.4 is 15.0 Å². The monoisotopic (exact) mass is 499 g/mol. The number of benzene rings is 1. The van der Waals surface area contributed by atoms with E-state index in [1.54, 1.807) is 7.11 Å². The van der Waals surface area contributed by atoms with Gasteiger partial charge < -0.3 is 34.8 Å². The summed E-state index contributed by atoms with van der Waals surface area (Å²) >= 11 is 0. The minimum Gasteiger partial charge on any atom is -0.496 e. The molecule has 1 aromatic heterocycles. The van der Waals surface area contributed by atoms with Crippen molar-refractivity contribution in [3.8, 4) is 5.75 Å². The summed E-state index contributed by atoms with van der Waals surface area (Å²) in [6.45, 7) is 8.07. The van der Waals surface area contributed by atoms with Crippen LogP contribution in [0, 0.1) is 0 Å². The zero-order valence-electron chi connectivity index (χ0n) is 22.7. The molecule has 200 valence electrons. The van der Waals surface area contributed by atoms with Crippen molar-refractivity contribution in [1.82, 2.24) is 24.7 Å². The fraction of sp³-hybridized carbons (Fsp3) is 0.704. The number of nitrogens with zero attached hydrogens (tertiary/aromatic N) is 6. The third-order valence-electron chi connectivity index (χ3n) is 7.62. The van der Waals surface area contributed by atoms with Gasteiger partial charge in [-0.2, -0.15) is 4.98 Å². The van der Waals surface area contributed by atoms with Crippen molar-refractivity contribution in [3.63, 3.8) is 0 Å². The Morgan fingerprint density at radius 3 is 2.56 bits per heavy atom. The number of methoxy groups -OCH3 is 1. The van der Waals surface area contributed by atoms with Crippen molar-refractivity contribution in [2.24, 2.45) is 0 Å². The molecule has 2 aliphatic heterocycles. The van der Waals surface area contributed by atoms with Crippen molar-refractivity contribution in [1.29, 1.82) is 0 Å². The second kappa shape index (κ2) is 12.9. The zero-order valence-corrected chi connectivity index (χ0v) is 22.7. The molecule has 1 aromatic carbocycles. The highest BCUT2D eigenvalue weighted by Gasteiger charge is 2.22. The van der Waals surface area contributed by atoms with E-state index in [1.807, 2.05) is 7.05 Å². The maximum absolute atomic E-state index is 9.18. The number of ether oxygens (including phenoxy) is 1. The van der Waals surface area contributed by atoms with E-state index in [4.69, 9.17) is 14.7 Å². The number of aromatic nitrogens is 2. The fourth-order valence-electron chi connectivity index (χ4n) is 5.24. The normalized spacial score (nSPS) is 18.7. The summed E-state index contributed by atoms with van der Waals surface area (Å²) < 4.78 is 5.83. The van der Waals surface area contributed by atoms with E-state index in [0.29, 0.717) is 12.6 Å². The lowest BCUT2D eigenvalue weighted by Crippen LogP contribution is -2.37. The molecule has 0 bridgehead atoms. The average molecular weight is 500 g/mol. The lowest BCUT2D eigenvalue weighted by molar-refractivity contribution is 0.220. The number of piperidine rings is 1. The molecule has 3 heterocycles. The summed E-state index contributed by atoms with van der Waals surface area (Å²) in [5, 5.41) is 14.0. The maximum atomic E-state index is 9.18. The highest BCUT2D eigenvalue weighted by Crippen LogP contribution is 2.32. The number of fused-ring (bicyclic) bond motifs is 1. The Morgan fingerprint density at radius 2 is 1.81 bits per heavy atom. The molecule has 0 spiro atoms. The Kier molecular flexibility index (Phi) is 9.59. The van der Waals surface area contributed by atoms with Crippen LogP contribution in [0.3, 0.4) is 0 Å². The number of nitrogens with one attached hydrogen (secondary N) is 1. The summed E-state index contributed by atoms with van der Waals surface area (Å²) in [5.41, 5.74) is 2.15. The second-order valence-corrected chi connectivity index (χ2v) is 10.5. The Morgan fingerprint density at radius 1 is 1.03 bits per heavy atom. The molecule has 2 aromatic rings. The topological polar surface area (TPSA) is 80.2 Å². The molecule has 9 heteroatoms. The van der Waals surface area contributed by atoms with Gasteiger partial charge >= 0.3 is 0 Å². The number of hydrogen-bond acceptors (Lipinski definition) is 9. The fourth-order valence-corrected chi connectivity index (χ4v) is 5.24. The smallest absolute Gasteiger partial charge is 0.227 e. The lowest BCUT2D eigenvalue weighted by Gasteiger charge is -2.30. The molecule has 0 atom stereocenters. The molecule has 0 unspecified atom stereocenters. The van der Waals surface area contributed by atoms with E-state index in [2.05, 4.69) is 51.1 Å². The van der Waals surface area contributed by atoms with Crippen molar-refractivity contribution < 1.29 is 9.84 Å². The predicted octanol–water partition coefficient (Wildman–Crippen LogP) is 2.14. The number of aryl methyl sites for hydroxylation is 1. The lowest BCUT2D eigenvalue weighted by atomic mass is 10.0. The number of aliphatic hydroxyl groups is 1. The molecule has 9 nitrogen and oxygen atoms in total. The molecule has 2 aliphatic rings. The molecular weight excluding hydrogens is 454 g/mol. The third-order valence-corrected chi connectivity index (χ3v) is 7.62. The van der Waals surface area contributed by atoms with Crippen molar-refractivity contribution >= 4 is 22.7 Å². The minimum atomic E-state index is 0.189. The molecule has 0 saturated carbocycles. The average Bonchev–Trinajstić information content (AvgIpc) is 3.09. The first-order valence-corrected chi connectivity index (χ1v) is 13.5. The van der Waals surface area contributed by atoms with Crippen LogP contribution in [0.4, 0.5) is 11.8 Å². The van der Waals surface area contributed by atoms with Crippen LogP contribution in [0.15, 0.2) is 12.1 Å². The molecule has 2 N–H and O–H groups in total.